The summed E-state index contributed by atoms with van der Waals surface area (Å²) in [6.45, 7) is 8.13. The zero-order valence-electron chi connectivity index (χ0n) is 11.0. The molecule has 102 valence electrons. The van der Waals surface area contributed by atoms with Crippen LogP contribution in [0.15, 0.2) is 0 Å². The fraction of sp³-hybridized carbons (Fsp3) is 0.917. The molecule has 0 aliphatic carbocycles. The minimum Gasteiger partial charge on any atom is -0.465 e. The molecule has 0 bridgehead atoms. The van der Waals surface area contributed by atoms with Crippen molar-refractivity contribution in [1.29, 1.82) is 0 Å². The summed E-state index contributed by atoms with van der Waals surface area (Å²) in [6.07, 6.45) is 1.90. The van der Waals surface area contributed by atoms with Crippen LogP contribution < -0.4 is 5.73 Å². The van der Waals surface area contributed by atoms with Gasteiger partial charge in [0.15, 0.2) is 0 Å². The number of carbonyl (C=O) groups is 1. The minimum atomic E-state index is -0.0912. The Hall–Kier alpha value is -0.320. The van der Waals surface area contributed by atoms with Gasteiger partial charge in [-0.2, -0.15) is 0 Å². The molecule has 3 atom stereocenters. The summed E-state index contributed by atoms with van der Waals surface area (Å²) >= 11 is 0. The second-order valence-corrected chi connectivity index (χ2v) is 4.56. The van der Waals surface area contributed by atoms with E-state index in [1.54, 1.807) is 0 Å². The largest absolute Gasteiger partial charge is 0.465 e. The number of hydrogen-bond donors (Lipinski definition) is 1. The van der Waals surface area contributed by atoms with Crippen LogP contribution in [-0.2, 0) is 9.53 Å². The summed E-state index contributed by atoms with van der Waals surface area (Å²) in [6, 6.07) is 0.342. The Balaban J connectivity index is 0.00000256. The third-order valence-corrected chi connectivity index (χ3v) is 3.39. The standard InChI is InChI=1S/C12H24N2O2.ClH/c1-4-11(12(15)16-5-2)14-8-10(7-13)6-9(14)3;/h9-11H,4-8,13H2,1-3H3;1H. The molecular formula is C12H25ClN2O2. The quantitative estimate of drug-likeness (QED) is 0.763. The maximum atomic E-state index is 11.8. The Labute approximate surface area is 110 Å². The van der Waals surface area contributed by atoms with Crippen molar-refractivity contribution < 1.29 is 9.53 Å². The summed E-state index contributed by atoms with van der Waals surface area (Å²) in [5.41, 5.74) is 5.69. The Bertz CT molecular complexity index is 239. The highest BCUT2D eigenvalue weighted by Crippen LogP contribution is 2.25. The first-order valence-electron chi connectivity index (χ1n) is 6.26. The van der Waals surface area contributed by atoms with Gasteiger partial charge in [-0.3, -0.25) is 9.69 Å². The van der Waals surface area contributed by atoms with Gasteiger partial charge in [-0.25, -0.2) is 0 Å². The lowest BCUT2D eigenvalue weighted by Gasteiger charge is -2.28. The lowest BCUT2D eigenvalue weighted by molar-refractivity contribution is -0.150. The number of likely N-dealkylation sites (tertiary alicyclic amines) is 1. The summed E-state index contributed by atoms with van der Waals surface area (Å²) < 4.78 is 5.11. The van der Waals surface area contributed by atoms with E-state index < -0.39 is 0 Å². The van der Waals surface area contributed by atoms with E-state index >= 15 is 0 Å². The van der Waals surface area contributed by atoms with Crippen LogP contribution in [0.4, 0.5) is 0 Å². The number of ether oxygens (including phenoxy) is 1. The van der Waals surface area contributed by atoms with Gasteiger partial charge in [0.05, 0.1) is 6.61 Å². The number of esters is 1. The fourth-order valence-electron chi connectivity index (χ4n) is 2.55. The van der Waals surface area contributed by atoms with Crippen molar-refractivity contribution in [3.05, 3.63) is 0 Å². The molecule has 0 radical (unpaired) electrons. The molecule has 1 fully saturated rings. The molecule has 1 aliphatic rings. The number of nitrogens with two attached hydrogens (primary N) is 1. The van der Waals surface area contributed by atoms with Crippen molar-refractivity contribution in [3.63, 3.8) is 0 Å². The van der Waals surface area contributed by atoms with Gasteiger partial charge in [-0.1, -0.05) is 6.92 Å². The Morgan fingerprint density at radius 2 is 2.18 bits per heavy atom. The monoisotopic (exact) mass is 264 g/mol. The summed E-state index contributed by atoms with van der Waals surface area (Å²) in [5, 5.41) is 0. The van der Waals surface area contributed by atoms with Crippen LogP contribution in [-0.4, -0.2) is 42.6 Å². The maximum Gasteiger partial charge on any atom is 0.323 e. The molecular weight excluding hydrogens is 240 g/mol. The number of rotatable bonds is 5. The van der Waals surface area contributed by atoms with Crippen LogP contribution in [0.1, 0.15) is 33.6 Å². The van der Waals surface area contributed by atoms with Crippen LogP contribution in [0.25, 0.3) is 0 Å². The minimum absolute atomic E-state index is 0. The molecule has 0 aromatic rings. The second kappa shape index (κ2) is 7.90. The van der Waals surface area contributed by atoms with Crippen LogP contribution in [0.3, 0.4) is 0 Å². The summed E-state index contributed by atoms with van der Waals surface area (Å²) in [7, 11) is 0. The van der Waals surface area contributed by atoms with E-state index in [1.807, 2.05) is 13.8 Å². The lowest BCUT2D eigenvalue weighted by Crippen LogP contribution is -2.44. The first-order valence-corrected chi connectivity index (χ1v) is 6.26. The molecule has 0 amide bonds. The first kappa shape index (κ1) is 16.7. The maximum absolute atomic E-state index is 11.8. The molecule has 0 saturated carbocycles. The smallest absolute Gasteiger partial charge is 0.323 e. The van der Waals surface area contributed by atoms with Crippen LogP contribution in [0.2, 0.25) is 0 Å². The lowest BCUT2D eigenvalue weighted by atomic mass is 10.1. The summed E-state index contributed by atoms with van der Waals surface area (Å²) in [5.74, 6) is 0.438. The molecule has 2 N–H and O–H groups in total. The molecule has 1 saturated heterocycles. The van der Waals surface area contributed by atoms with E-state index in [0.29, 0.717) is 25.1 Å². The van der Waals surface area contributed by atoms with E-state index in [0.717, 1.165) is 19.4 Å². The van der Waals surface area contributed by atoms with Gasteiger partial charge in [-0.15, -0.1) is 12.4 Å². The van der Waals surface area contributed by atoms with Gasteiger partial charge in [0.2, 0.25) is 0 Å². The van der Waals surface area contributed by atoms with E-state index in [1.165, 1.54) is 0 Å². The van der Waals surface area contributed by atoms with Gasteiger partial charge >= 0.3 is 5.97 Å². The molecule has 5 heteroatoms. The number of halogens is 1. The highest BCUT2D eigenvalue weighted by molar-refractivity contribution is 5.85. The topological polar surface area (TPSA) is 55.6 Å². The van der Waals surface area contributed by atoms with E-state index in [9.17, 15) is 4.79 Å². The third kappa shape index (κ3) is 4.12. The highest BCUT2D eigenvalue weighted by atomic mass is 35.5. The third-order valence-electron chi connectivity index (χ3n) is 3.39. The molecule has 0 aromatic carbocycles. The molecule has 1 heterocycles. The zero-order valence-corrected chi connectivity index (χ0v) is 11.8. The Kier molecular flexibility index (Phi) is 7.75. The number of nitrogens with zero attached hydrogens (tertiary/aromatic N) is 1. The van der Waals surface area contributed by atoms with Crippen molar-refractivity contribution in [1.82, 2.24) is 4.90 Å². The van der Waals surface area contributed by atoms with E-state index in [4.69, 9.17) is 10.5 Å². The molecule has 0 spiro atoms. The summed E-state index contributed by atoms with van der Waals surface area (Å²) in [4.78, 5) is 14.1. The van der Waals surface area contributed by atoms with Crippen LogP contribution in [0, 0.1) is 5.92 Å². The average Bonchev–Trinajstić information content (AvgIpc) is 2.62. The van der Waals surface area contributed by atoms with E-state index in [2.05, 4.69) is 11.8 Å². The zero-order chi connectivity index (χ0) is 12.1. The predicted molar refractivity (Wildman–Crippen MR) is 71.3 cm³/mol. The Morgan fingerprint density at radius 3 is 2.59 bits per heavy atom. The van der Waals surface area contributed by atoms with Crippen molar-refractivity contribution in [2.75, 3.05) is 19.7 Å². The van der Waals surface area contributed by atoms with E-state index in [-0.39, 0.29) is 24.4 Å². The molecule has 4 nitrogen and oxygen atoms in total. The van der Waals surface area contributed by atoms with Gasteiger partial charge in [0.25, 0.3) is 0 Å². The Morgan fingerprint density at radius 1 is 1.53 bits per heavy atom. The molecule has 3 unspecified atom stereocenters. The molecule has 17 heavy (non-hydrogen) atoms. The molecule has 0 aromatic heterocycles. The van der Waals surface area contributed by atoms with Crippen molar-refractivity contribution >= 4 is 18.4 Å². The number of carbonyl (C=O) groups excluding carboxylic acids is 1. The SMILES string of the molecule is CCOC(=O)C(CC)N1CC(CN)CC1C.Cl. The molecule has 1 rings (SSSR count). The normalized spacial score (nSPS) is 26.4. The van der Waals surface area contributed by atoms with Crippen molar-refractivity contribution in [3.8, 4) is 0 Å². The predicted octanol–water partition coefficient (Wildman–Crippen LogP) is 1.42. The van der Waals surface area contributed by atoms with Crippen LogP contribution >= 0.6 is 12.4 Å². The van der Waals surface area contributed by atoms with Gasteiger partial charge in [0.1, 0.15) is 6.04 Å². The number of hydrogen-bond acceptors (Lipinski definition) is 4. The van der Waals surface area contributed by atoms with Gasteiger partial charge in [-0.05, 0) is 39.2 Å². The van der Waals surface area contributed by atoms with Crippen molar-refractivity contribution in [2.24, 2.45) is 11.7 Å². The van der Waals surface area contributed by atoms with Crippen molar-refractivity contribution in [2.45, 2.75) is 45.7 Å². The van der Waals surface area contributed by atoms with Gasteiger partial charge < -0.3 is 10.5 Å². The second-order valence-electron chi connectivity index (χ2n) is 4.56. The molecule has 1 aliphatic heterocycles. The van der Waals surface area contributed by atoms with Crippen LogP contribution in [0.5, 0.6) is 0 Å². The first-order chi connectivity index (χ1) is 7.63. The fourth-order valence-corrected chi connectivity index (χ4v) is 2.55. The van der Waals surface area contributed by atoms with Gasteiger partial charge in [0, 0.05) is 12.6 Å². The highest BCUT2D eigenvalue weighted by Gasteiger charge is 2.36. The average molecular weight is 265 g/mol.